The summed E-state index contributed by atoms with van der Waals surface area (Å²) in [6, 6.07) is 11.5. The highest BCUT2D eigenvalue weighted by molar-refractivity contribution is 5.97. The molecule has 0 saturated heterocycles. The molecule has 0 aliphatic carbocycles. The van der Waals surface area contributed by atoms with E-state index in [9.17, 15) is 22.8 Å². The number of alkyl halides is 3. The van der Waals surface area contributed by atoms with Crippen molar-refractivity contribution in [3.8, 4) is 0 Å². The largest absolute Gasteiger partial charge is 0.416 e. The van der Waals surface area contributed by atoms with Crippen LogP contribution < -0.4 is 21.7 Å². The van der Waals surface area contributed by atoms with Gasteiger partial charge in [-0.25, -0.2) is 0 Å². The van der Waals surface area contributed by atoms with Gasteiger partial charge in [-0.15, -0.1) is 0 Å². The molecule has 174 valence electrons. The summed E-state index contributed by atoms with van der Waals surface area (Å²) in [4.78, 5) is 25.0. The van der Waals surface area contributed by atoms with Crippen molar-refractivity contribution in [3.63, 3.8) is 0 Å². The summed E-state index contributed by atoms with van der Waals surface area (Å²) in [5, 5.41) is 8.30. The van der Waals surface area contributed by atoms with Gasteiger partial charge in [0.2, 0.25) is 11.8 Å². The van der Waals surface area contributed by atoms with Gasteiger partial charge in [-0.05, 0) is 56.5 Å². The minimum atomic E-state index is -4.42. The van der Waals surface area contributed by atoms with Crippen molar-refractivity contribution >= 4 is 17.5 Å². The van der Waals surface area contributed by atoms with Crippen molar-refractivity contribution in [1.29, 1.82) is 0 Å². The molecule has 0 aliphatic heterocycles. The van der Waals surface area contributed by atoms with Crippen LogP contribution in [0.3, 0.4) is 0 Å². The fourth-order valence-corrected chi connectivity index (χ4v) is 3.05. The summed E-state index contributed by atoms with van der Waals surface area (Å²) in [6.45, 7) is 2.37. The zero-order valence-electron chi connectivity index (χ0n) is 18.0. The molecule has 9 heteroatoms. The van der Waals surface area contributed by atoms with Gasteiger partial charge in [0.25, 0.3) is 0 Å². The lowest BCUT2D eigenvalue weighted by atomic mass is 10.1. The van der Waals surface area contributed by atoms with Gasteiger partial charge >= 0.3 is 6.18 Å². The lowest BCUT2D eigenvalue weighted by Crippen LogP contribution is -2.46. The molecule has 0 radical (unpaired) electrons. The average molecular weight is 451 g/mol. The van der Waals surface area contributed by atoms with E-state index in [-0.39, 0.29) is 19.0 Å². The van der Waals surface area contributed by atoms with Gasteiger partial charge in [0.15, 0.2) is 0 Å². The smallest absolute Gasteiger partial charge is 0.343 e. The van der Waals surface area contributed by atoms with Crippen LogP contribution in [0, 0.1) is 6.92 Å². The molecule has 2 amide bonds. The Kier molecular flexibility index (Phi) is 9.67. The maximum absolute atomic E-state index is 12.8. The first kappa shape index (κ1) is 25.4. The fraction of sp³-hybridized carbons (Fsp3) is 0.391. The second kappa shape index (κ2) is 12.2. The third kappa shape index (κ3) is 8.68. The third-order valence-electron chi connectivity index (χ3n) is 4.79. The van der Waals surface area contributed by atoms with Gasteiger partial charge in [-0.3, -0.25) is 9.59 Å². The van der Waals surface area contributed by atoms with Gasteiger partial charge in [0.05, 0.1) is 12.1 Å². The molecule has 32 heavy (non-hydrogen) atoms. The van der Waals surface area contributed by atoms with Gasteiger partial charge in [-0.1, -0.05) is 35.9 Å². The van der Waals surface area contributed by atoms with E-state index in [1.807, 2.05) is 19.1 Å². The Morgan fingerprint density at radius 1 is 1.06 bits per heavy atom. The molecule has 2 rings (SSSR count). The second-order valence-electron chi connectivity index (χ2n) is 7.56. The summed E-state index contributed by atoms with van der Waals surface area (Å²) in [5.74, 6) is -0.758. The Balaban J connectivity index is 1.90. The molecule has 0 aromatic heterocycles. The van der Waals surface area contributed by atoms with Crippen molar-refractivity contribution in [1.82, 2.24) is 10.6 Å². The molecule has 0 spiro atoms. The molecule has 0 unspecified atom stereocenters. The van der Waals surface area contributed by atoms with Gasteiger partial charge in [0.1, 0.15) is 6.04 Å². The average Bonchev–Trinajstić information content (AvgIpc) is 2.74. The number of aryl methyl sites for hydroxylation is 1. The topological polar surface area (TPSA) is 96.2 Å². The molecule has 5 N–H and O–H groups in total. The molecule has 1 atom stereocenters. The van der Waals surface area contributed by atoms with Crippen LogP contribution in [0.2, 0.25) is 0 Å². The first-order valence-electron chi connectivity index (χ1n) is 10.4. The van der Waals surface area contributed by atoms with Crippen molar-refractivity contribution in [2.24, 2.45) is 5.73 Å². The quantitative estimate of drug-likeness (QED) is 0.395. The number of benzene rings is 2. The van der Waals surface area contributed by atoms with Crippen molar-refractivity contribution in [2.75, 3.05) is 18.4 Å². The van der Waals surface area contributed by atoms with Crippen LogP contribution in [0.1, 0.15) is 36.0 Å². The van der Waals surface area contributed by atoms with Gasteiger partial charge in [0, 0.05) is 12.2 Å². The van der Waals surface area contributed by atoms with E-state index in [0.29, 0.717) is 30.6 Å². The Bertz CT molecular complexity index is 886. The van der Waals surface area contributed by atoms with Crippen LogP contribution in [0.4, 0.5) is 18.9 Å². The number of nitrogens with two attached hydrogens (primary N) is 1. The number of rotatable bonds is 11. The van der Waals surface area contributed by atoms with E-state index < -0.39 is 23.7 Å². The Labute approximate surface area is 185 Å². The van der Waals surface area contributed by atoms with Crippen LogP contribution in [0.25, 0.3) is 0 Å². The second-order valence-corrected chi connectivity index (χ2v) is 7.56. The number of nitrogens with one attached hydrogen (secondary N) is 3. The van der Waals surface area contributed by atoms with Crippen LogP contribution in [-0.2, 0) is 22.3 Å². The summed E-state index contributed by atoms with van der Waals surface area (Å²) < 4.78 is 38.4. The minimum absolute atomic E-state index is 0.0880. The van der Waals surface area contributed by atoms with E-state index in [4.69, 9.17) is 5.73 Å². The van der Waals surface area contributed by atoms with Gasteiger partial charge < -0.3 is 21.7 Å². The predicted octanol–water partition coefficient (Wildman–Crippen LogP) is 3.36. The third-order valence-corrected chi connectivity index (χ3v) is 4.79. The maximum Gasteiger partial charge on any atom is 0.416 e. The highest BCUT2D eigenvalue weighted by Gasteiger charge is 2.30. The summed E-state index contributed by atoms with van der Waals surface area (Å²) in [5.41, 5.74) is 6.87. The lowest BCUT2D eigenvalue weighted by Gasteiger charge is -2.19. The Morgan fingerprint density at radius 2 is 1.78 bits per heavy atom. The number of amides is 2. The number of hydrogen-bond donors (Lipinski definition) is 4. The zero-order chi connectivity index (χ0) is 23.6. The van der Waals surface area contributed by atoms with E-state index in [0.717, 1.165) is 24.1 Å². The normalized spacial score (nSPS) is 12.3. The number of halogens is 3. The van der Waals surface area contributed by atoms with Crippen LogP contribution >= 0.6 is 0 Å². The molecular weight excluding hydrogens is 421 g/mol. The van der Waals surface area contributed by atoms with E-state index >= 15 is 0 Å². The molecule has 2 aromatic carbocycles. The number of hydrogen-bond acceptors (Lipinski definition) is 4. The number of carbonyl (C=O) groups excluding carboxylic acids is 2. The minimum Gasteiger partial charge on any atom is -0.343 e. The van der Waals surface area contributed by atoms with Crippen LogP contribution in [0.5, 0.6) is 0 Å². The molecule has 0 saturated carbocycles. The number of carbonyl (C=O) groups is 2. The predicted molar refractivity (Wildman–Crippen MR) is 118 cm³/mol. The number of unbranched alkanes of at least 4 members (excludes halogenated alkanes) is 1. The van der Waals surface area contributed by atoms with Crippen LogP contribution in [0.15, 0.2) is 48.5 Å². The Hall–Kier alpha value is -2.91. The summed E-state index contributed by atoms with van der Waals surface area (Å²) in [7, 11) is 0. The monoisotopic (exact) mass is 450 g/mol. The summed E-state index contributed by atoms with van der Waals surface area (Å²) in [6.07, 6.45) is -2.61. The van der Waals surface area contributed by atoms with E-state index in [1.165, 1.54) is 6.07 Å². The first-order valence-corrected chi connectivity index (χ1v) is 10.4. The molecule has 0 heterocycles. The molecule has 0 fully saturated rings. The summed E-state index contributed by atoms with van der Waals surface area (Å²) >= 11 is 0. The maximum atomic E-state index is 12.8. The molecule has 0 bridgehead atoms. The molecule has 6 nitrogen and oxygen atoms in total. The van der Waals surface area contributed by atoms with E-state index in [1.54, 1.807) is 18.2 Å². The van der Waals surface area contributed by atoms with Crippen molar-refractivity contribution < 1.29 is 22.8 Å². The highest BCUT2D eigenvalue weighted by atomic mass is 19.4. The fourth-order valence-electron chi connectivity index (χ4n) is 3.05. The number of anilines is 1. The SMILES string of the molecule is Cc1ccc(NC(=O)[C@H](CCCCN)NC(=O)CNCc2cccc(C(F)(F)F)c2)cc1. The standard InChI is InChI=1S/C23H29F3N4O2/c1-16-8-10-19(11-9-16)29-22(32)20(7-2-3-12-27)30-21(31)15-28-14-17-5-4-6-18(13-17)23(24,25)26/h4-6,8-11,13,20,28H,2-3,7,12,14-15,27H2,1H3,(H,29,32)(H,30,31)/t20-/m0/s1. The Morgan fingerprint density at radius 3 is 2.44 bits per heavy atom. The van der Waals surface area contributed by atoms with Crippen LogP contribution in [-0.4, -0.2) is 30.9 Å². The highest BCUT2D eigenvalue weighted by Crippen LogP contribution is 2.29. The first-order chi connectivity index (χ1) is 15.2. The molecule has 0 aliphatic rings. The lowest BCUT2D eigenvalue weighted by molar-refractivity contribution is -0.137. The molecule has 2 aromatic rings. The molecular formula is C23H29F3N4O2. The van der Waals surface area contributed by atoms with E-state index in [2.05, 4.69) is 16.0 Å². The van der Waals surface area contributed by atoms with Crippen molar-refractivity contribution in [3.05, 3.63) is 65.2 Å². The zero-order valence-corrected chi connectivity index (χ0v) is 18.0. The van der Waals surface area contributed by atoms with Gasteiger partial charge in [-0.2, -0.15) is 13.2 Å². The van der Waals surface area contributed by atoms with Crippen molar-refractivity contribution in [2.45, 2.75) is 44.9 Å².